The van der Waals surface area contributed by atoms with E-state index in [-0.39, 0.29) is 0 Å². The summed E-state index contributed by atoms with van der Waals surface area (Å²) in [6.07, 6.45) is 3.92. The molecular formula is C12H26N2O. The summed E-state index contributed by atoms with van der Waals surface area (Å²) in [6.45, 7) is 6.51. The van der Waals surface area contributed by atoms with Gasteiger partial charge in [-0.1, -0.05) is 6.92 Å². The lowest BCUT2D eigenvalue weighted by Crippen LogP contribution is -2.49. The first kappa shape index (κ1) is 12.9. The molecule has 90 valence electrons. The lowest BCUT2D eigenvalue weighted by Gasteiger charge is -2.43. The lowest BCUT2D eigenvalue weighted by molar-refractivity contribution is 0.0749. The zero-order chi connectivity index (χ0) is 11.1. The van der Waals surface area contributed by atoms with Gasteiger partial charge in [-0.2, -0.15) is 0 Å². The van der Waals surface area contributed by atoms with Gasteiger partial charge in [0.05, 0.1) is 0 Å². The Balaban J connectivity index is 2.12. The Hall–Kier alpha value is -0.120. The van der Waals surface area contributed by atoms with Crippen LogP contribution in [0.5, 0.6) is 0 Å². The fourth-order valence-corrected chi connectivity index (χ4v) is 2.32. The zero-order valence-electron chi connectivity index (χ0n) is 10.5. The topological polar surface area (TPSA) is 24.5 Å². The number of ether oxygens (including phenoxy) is 1. The van der Waals surface area contributed by atoms with Gasteiger partial charge >= 0.3 is 0 Å². The summed E-state index contributed by atoms with van der Waals surface area (Å²) in [7, 11) is 4.02. The highest BCUT2D eigenvalue weighted by Gasteiger charge is 2.32. The zero-order valence-corrected chi connectivity index (χ0v) is 10.5. The van der Waals surface area contributed by atoms with E-state index in [9.17, 15) is 0 Å². The standard InChI is InChI=1S/C12H26N2O/c1-4-13-10-11-6-7-12(11)14(2)8-5-9-15-3/h11-13H,4-10H2,1-3H3. The molecule has 1 saturated carbocycles. The lowest BCUT2D eigenvalue weighted by atomic mass is 9.78. The number of rotatable bonds is 8. The summed E-state index contributed by atoms with van der Waals surface area (Å²) < 4.78 is 5.08. The van der Waals surface area contributed by atoms with Gasteiger partial charge in [0.15, 0.2) is 0 Å². The molecule has 1 rings (SSSR count). The number of hydrogen-bond acceptors (Lipinski definition) is 3. The summed E-state index contributed by atoms with van der Waals surface area (Å²) >= 11 is 0. The molecule has 0 spiro atoms. The van der Waals surface area contributed by atoms with Crippen molar-refractivity contribution in [2.24, 2.45) is 5.92 Å². The number of hydrogen-bond donors (Lipinski definition) is 1. The fraction of sp³-hybridized carbons (Fsp3) is 1.00. The second-order valence-corrected chi connectivity index (χ2v) is 4.54. The first-order valence-corrected chi connectivity index (χ1v) is 6.19. The van der Waals surface area contributed by atoms with Crippen molar-refractivity contribution >= 4 is 0 Å². The monoisotopic (exact) mass is 214 g/mol. The molecule has 15 heavy (non-hydrogen) atoms. The Labute approximate surface area is 94.2 Å². The molecule has 2 atom stereocenters. The molecule has 1 aliphatic rings. The Morgan fingerprint density at radius 3 is 2.73 bits per heavy atom. The Bertz CT molecular complexity index is 164. The minimum absolute atomic E-state index is 0.806. The third-order valence-electron chi connectivity index (χ3n) is 3.46. The van der Waals surface area contributed by atoms with Gasteiger partial charge in [0.25, 0.3) is 0 Å². The molecule has 0 radical (unpaired) electrons. The molecule has 0 aromatic heterocycles. The molecule has 1 fully saturated rings. The highest BCUT2D eigenvalue weighted by Crippen LogP contribution is 2.30. The fourth-order valence-electron chi connectivity index (χ4n) is 2.32. The van der Waals surface area contributed by atoms with Crippen molar-refractivity contribution in [3.8, 4) is 0 Å². The predicted octanol–water partition coefficient (Wildman–Crippen LogP) is 1.34. The Kier molecular flexibility index (Phi) is 6.22. The van der Waals surface area contributed by atoms with E-state index in [4.69, 9.17) is 4.74 Å². The van der Waals surface area contributed by atoms with Gasteiger partial charge in [0.2, 0.25) is 0 Å². The van der Waals surface area contributed by atoms with Gasteiger partial charge in [0, 0.05) is 26.3 Å². The molecule has 1 N–H and O–H groups in total. The summed E-state index contributed by atoms with van der Waals surface area (Å²) in [6, 6.07) is 0.806. The van der Waals surface area contributed by atoms with Crippen LogP contribution >= 0.6 is 0 Å². The van der Waals surface area contributed by atoms with Crippen molar-refractivity contribution in [1.82, 2.24) is 10.2 Å². The van der Waals surface area contributed by atoms with Gasteiger partial charge < -0.3 is 15.0 Å². The molecule has 0 aromatic rings. The molecule has 3 heteroatoms. The van der Waals surface area contributed by atoms with Crippen molar-refractivity contribution in [2.75, 3.05) is 40.4 Å². The molecular weight excluding hydrogens is 188 g/mol. The molecule has 0 heterocycles. The number of methoxy groups -OCH3 is 1. The average Bonchev–Trinajstić information content (AvgIpc) is 2.17. The predicted molar refractivity (Wildman–Crippen MR) is 64.2 cm³/mol. The Morgan fingerprint density at radius 2 is 2.20 bits per heavy atom. The molecule has 2 unspecified atom stereocenters. The Morgan fingerprint density at radius 1 is 1.40 bits per heavy atom. The molecule has 1 aliphatic carbocycles. The van der Waals surface area contributed by atoms with Crippen molar-refractivity contribution < 1.29 is 4.74 Å². The van der Waals surface area contributed by atoms with Crippen LogP contribution in [0.3, 0.4) is 0 Å². The van der Waals surface area contributed by atoms with Gasteiger partial charge in [-0.3, -0.25) is 0 Å². The normalized spacial score (nSPS) is 25.6. The molecule has 0 bridgehead atoms. The minimum atomic E-state index is 0.806. The average molecular weight is 214 g/mol. The first-order valence-electron chi connectivity index (χ1n) is 6.19. The van der Waals surface area contributed by atoms with E-state index >= 15 is 0 Å². The maximum Gasteiger partial charge on any atom is 0.0474 e. The van der Waals surface area contributed by atoms with Crippen LogP contribution in [0.2, 0.25) is 0 Å². The van der Waals surface area contributed by atoms with E-state index < -0.39 is 0 Å². The number of nitrogens with one attached hydrogen (secondary N) is 1. The van der Waals surface area contributed by atoms with Crippen molar-refractivity contribution in [3.63, 3.8) is 0 Å². The van der Waals surface area contributed by atoms with E-state index in [1.54, 1.807) is 7.11 Å². The van der Waals surface area contributed by atoms with Crippen LogP contribution < -0.4 is 5.32 Å². The van der Waals surface area contributed by atoms with Crippen LogP contribution in [0.4, 0.5) is 0 Å². The van der Waals surface area contributed by atoms with Crippen molar-refractivity contribution in [1.29, 1.82) is 0 Å². The smallest absolute Gasteiger partial charge is 0.0474 e. The van der Waals surface area contributed by atoms with Crippen LogP contribution in [0.15, 0.2) is 0 Å². The summed E-state index contributed by atoms with van der Waals surface area (Å²) in [4.78, 5) is 2.50. The molecule has 3 nitrogen and oxygen atoms in total. The second-order valence-electron chi connectivity index (χ2n) is 4.54. The maximum absolute atomic E-state index is 5.08. The second kappa shape index (κ2) is 7.20. The van der Waals surface area contributed by atoms with Crippen LogP contribution in [0, 0.1) is 5.92 Å². The van der Waals surface area contributed by atoms with Gasteiger partial charge in [-0.05, 0) is 45.3 Å². The maximum atomic E-state index is 5.08. The SMILES string of the molecule is CCNCC1CCC1N(C)CCCOC. The summed E-state index contributed by atoms with van der Waals surface area (Å²) in [5.74, 6) is 0.873. The first-order chi connectivity index (χ1) is 7.29. The van der Waals surface area contributed by atoms with E-state index in [1.807, 2.05) is 0 Å². The molecule has 0 amide bonds. The van der Waals surface area contributed by atoms with Gasteiger partial charge in [-0.25, -0.2) is 0 Å². The van der Waals surface area contributed by atoms with E-state index in [0.717, 1.165) is 31.5 Å². The quantitative estimate of drug-likeness (QED) is 0.617. The van der Waals surface area contributed by atoms with E-state index in [2.05, 4.69) is 24.2 Å². The summed E-state index contributed by atoms with van der Waals surface area (Å²) in [5, 5.41) is 3.45. The van der Waals surface area contributed by atoms with Gasteiger partial charge in [0.1, 0.15) is 0 Å². The number of nitrogens with zero attached hydrogens (tertiary/aromatic N) is 1. The van der Waals surface area contributed by atoms with Crippen LogP contribution in [0.25, 0.3) is 0 Å². The highest BCUT2D eigenvalue weighted by molar-refractivity contribution is 4.88. The highest BCUT2D eigenvalue weighted by atomic mass is 16.5. The van der Waals surface area contributed by atoms with E-state index in [1.165, 1.54) is 25.9 Å². The van der Waals surface area contributed by atoms with Crippen LogP contribution in [-0.4, -0.2) is 51.3 Å². The van der Waals surface area contributed by atoms with Crippen LogP contribution in [-0.2, 0) is 4.74 Å². The third kappa shape index (κ3) is 4.09. The molecule has 0 aromatic carbocycles. The van der Waals surface area contributed by atoms with Crippen LogP contribution in [0.1, 0.15) is 26.2 Å². The van der Waals surface area contributed by atoms with Crippen molar-refractivity contribution in [2.45, 2.75) is 32.2 Å². The summed E-state index contributed by atoms with van der Waals surface area (Å²) in [5.41, 5.74) is 0. The van der Waals surface area contributed by atoms with E-state index in [0.29, 0.717) is 0 Å². The molecule has 0 aliphatic heterocycles. The largest absolute Gasteiger partial charge is 0.385 e. The minimum Gasteiger partial charge on any atom is -0.385 e. The van der Waals surface area contributed by atoms with Gasteiger partial charge in [-0.15, -0.1) is 0 Å². The van der Waals surface area contributed by atoms with Crippen molar-refractivity contribution in [3.05, 3.63) is 0 Å². The third-order valence-corrected chi connectivity index (χ3v) is 3.46. The molecule has 0 saturated heterocycles.